The van der Waals surface area contributed by atoms with Gasteiger partial charge >= 0.3 is 5.97 Å². The van der Waals surface area contributed by atoms with Gasteiger partial charge in [0.25, 0.3) is 5.91 Å². The Morgan fingerprint density at radius 1 is 0.907 bits per heavy atom. The standard InChI is InChI=1S/C32H27Cl2N3O6/c33-26-11-6-21(18-27(26)34)31(39)37-15-13-24(14-16-37)42-22-7-9-23(10-8-22)43-30-12-5-20(19-35-30)17-29(38)36-28-4-2-1-3-25(28)32(40)41/h1-12,18-19,24H,13-17H2,(H,36,38)(H,40,41). The van der Waals surface area contributed by atoms with E-state index in [-0.39, 0.29) is 35.6 Å². The number of piperidine rings is 1. The molecule has 1 aromatic heterocycles. The van der Waals surface area contributed by atoms with E-state index in [0.29, 0.717) is 64.5 Å². The molecule has 2 heterocycles. The van der Waals surface area contributed by atoms with E-state index in [9.17, 15) is 19.5 Å². The lowest BCUT2D eigenvalue weighted by molar-refractivity contribution is -0.115. The number of carbonyl (C=O) groups excluding carboxylic acids is 2. The molecule has 1 aliphatic rings. The Balaban J connectivity index is 1.08. The van der Waals surface area contributed by atoms with Crippen LogP contribution in [0.15, 0.2) is 85.1 Å². The Morgan fingerprint density at radius 2 is 1.63 bits per heavy atom. The van der Waals surface area contributed by atoms with Crippen LogP contribution in [-0.2, 0) is 11.2 Å². The van der Waals surface area contributed by atoms with E-state index in [1.165, 1.54) is 12.3 Å². The third kappa shape index (κ3) is 7.82. The second kappa shape index (κ2) is 13.6. The molecule has 0 bridgehead atoms. The number of para-hydroxylation sites is 1. The summed E-state index contributed by atoms with van der Waals surface area (Å²) in [5, 5.41) is 12.7. The molecule has 5 rings (SSSR count). The maximum Gasteiger partial charge on any atom is 0.337 e. The number of benzene rings is 3. The van der Waals surface area contributed by atoms with E-state index in [4.69, 9.17) is 32.7 Å². The normalized spacial score (nSPS) is 13.3. The van der Waals surface area contributed by atoms with Gasteiger partial charge in [-0.05, 0) is 60.2 Å². The van der Waals surface area contributed by atoms with Gasteiger partial charge in [0, 0.05) is 43.8 Å². The molecule has 1 saturated heterocycles. The van der Waals surface area contributed by atoms with Gasteiger partial charge in [-0.15, -0.1) is 0 Å². The van der Waals surface area contributed by atoms with Gasteiger partial charge in [-0.25, -0.2) is 9.78 Å². The molecule has 0 radical (unpaired) electrons. The second-order valence-corrected chi connectivity index (χ2v) is 10.7. The molecule has 0 unspecified atom stereocenters. The maximum absolute atomic E-state index is 12.8. The number of aromatic carboxylic acids is 1. The van der Waals surface area contributed by atoms with Crippen LogP contribution in [0, 0.1) is 0 Å². The highest BCUT2D eigenvalue weighted by molar-refractivity contribution is 6.42. The van der Waals surface area contributed by atoms with Crippen molar-refractivity contribution in [2.75, 3.05) is 18.4 Å². The molecule has 3 aromatic carbocycles. The topological polar surface area (TPSA) is 118 Å². The molecule has 0 aliphatic carbocycles. The van der Waals surface area contributed by atoms with Gasteiger partial charge in [-0.2, -0.15) is 0 Å². The van der Waals surface area contributed by atoms with Crippen LogP contribution in [-0.4, -0.2) is 52.0 Å². The quantitative estimate of drug-likeness (QED) is 0.213. The SMILES string of the molecule is O=C(Cc1ccc(Oc2ccc(OC3CCN(C(=O)c4ccc(Cl)c(Cl)c4)CC3)cc2)nc1)Nc1ccccc1C(=O)O. The smallest absolute Gasteiger partial charge is 0.337 e. The molecule has 9 nitrogen and oxygen atoms in total. The number of ether oxygens (including phenoxy) is 2. The molecule has 0 spiro atoms. The lowest BCUT2D eigenvalue weighted by Crippen LogP contribution is -2.41. The number of rotatable bonds is 9. The van der Waals surface area contributed by atoms with E-state index in [0.717, 1.165) is 0 Å². The predicted octanol–water partition coefficient (Wildman–Crippen LogP) is 6.74. The van der Waals surface area contributed by atoms with Crippen LogP contribution in [0.5, 0.6) is 17.4 Å². The highest BCUT2D eigenvalue weighted by Gasteiger charge is 2.25. The maximum atomic E-state index is 12.8. The third-order valence-electron chi connectivity index (χ3n) is 6.84. The highest BCUT2D eigenvalue weighted by Crippen LogP contribution is 2.27. The average molecular weight is 620 g/mol. The number of carboxylic acids is 1. The van der Waals surface area contributed by atoms with Gasteiger partial charge in [-0.1, -0.05) is 41.4 Å². The van der Waals surface area contributed by atoms with Gasteiger partial charge in [0.1, 0.15) is 17.6 Å². The van der Waals surface area contributed by atoms with Crippen LogP contribution in [0.4, 0.5) is 5.69 Å². The number of nitrogens with zero attached hydrogens (tertiary/aromatic N) is 2. The van der Waals surface area contributed by atoms with Crippen molar-refractivity contribution in [2.45, 2.75) is 25.4 Å². The molecule has 0 saturated carbocycles. The summed E-state index contributed by atoms with van der Waals surface area (Å²) >= 11 is 12.0. The zero-order chi connectivity index (χ0) is 30.3. The summed E-state index contributed by atoms with van der Waals surface area (Å²) in [5.41, 5.74) is 1.41. The Bertz CT molecular complexity index is 1620. The Morgan fingerprint density at radius 3 is 2.30 bits per heavy atom. The summed E-state index contributed by atoms with van der Waals surface area (Å²) in [6.07, 6.45) is 2.94. The summed E-state index contributed by atoms with van der Waals surface area (Å²) in [5.74, 6) is 0.0638. The van der Waals surface area contributed by atoms with E-state index >= 15 is 0 Å². The first-order valence-electron chi connectivity index (χ1n) is 13.5. The molecular weight excluding hydrogens is 593 g/mol. The zero-order valence-electron chi connectivity index (χ0n) is 22.8. The Kier molecular flexibility index (Phi) is 9.44. The fourth-order valence-electron chi connectivity index (χ4n) is 4.62. The van der Waals surface area contributed by atoms with E-state index < -0.39 is 5.97 Å². The van der Waals surface area contributed by atoms with E-state index in [1.54, 1.807) is 65.6 Å². The van der Waals surface area contributed by atoms with Crippen molar-refractivity contribution >= 4 is 46.7 Å². The minimum absolute atomic E-state index is 0.0198. The summed E-state index contributed by atoms with van der Waals surface area (Å²) in [7, 11) is 0. The minimum Gasteiger partial charge on any atom is -0.490 e. The summed E-state index contributed by atoms with van der Waals surface area (Å²) < 4.78 is 12.0. The predicted molar refractivity (Wildman–Crippen MR) is 163 cm³/mol. The highest BCUT2D eigenvalue weighted by atomic mass is 35.5. The summed E-state index contributed by atoms with van der Waals surface area (Å²) in [6, 6.07) is 21.7. The molecule has 0 atom stereocenters. The lowest BCUT2D eigenvalue weighted by Gasteiger charge is -2.32. The molecule has 1 fully saturated rings. The number of likely N-dealkylation sites (tertiary alicyclic amines) is 1. The van der Waals surface area contributed by atoms with Crippen LogP contribution in [0.1, 0.15) is 39.1 Å². The van der Waals surface area contributed by atoms with Crippen molar-refractivity contribution in [1.82, 2.24) is 9.88 Å². The summed E-state index contributed by atoms with van der Waals surface area (Å²) in [6.45, 7) is 1.15. The van der Waals surface area contributed by atoms with Crippen molar-refractivity contribution in [2.24, 2.45) is 0 Å². The number of nitrogens with one attached hydrogen (secondary N) is 1. The Hall–Kier alpha value is -4.60. The molecule has 4 aromatic rings. The van der Waals surface area contributed by atoms with Crippen LogP contribution in [0.3, 0.4) is 0 Å². The first-order valence-corrected chi connectivity index (χ1v) is 14.3. The molecule has 43 heavy (non-hydrogen) atoms. The zero-order valence-corrected chi connectivity index (χ0v) is 24.3. The van der Waals surface area contributed by atoms with Crippen LogP contribution < -0.4 is 14.8 Å². The van der Waals surface area contributed by atoms with Crippen LogP contribution in [0.2, 0.25) is 10.0 Å². The number of anilines is 1. The van der Waals surface area contributed by atoms with Crippen molar-refractivity contribution in [1.29, 1.82) is 0 Å². The van der Waals surface area contributed by atoms with Crippen LogP contribution >= 0.6 is 23.2 Å². The summed E-state index contributed by atoms with van der Waals surface area (Å²) in [4.78, 5) is 42.7. The number of aromatic nitrogens is 1. The molecule has 2 amide bonds. The van der Waals surface area contributed by atoms with Crippen LogP contribution in [0.25, 0.3) is 0 Å². The van der Waals surface area contributed by atoms with E-state index in [2.05, 4.69) is 10.3 Å². The monoisotopic (exact) mass is 619 g/mol. The minimum atomic E-state index is -1.12. The number of hydrogen-bond donors (Lipinski definition) is 2. The number of carbonyl (C=O) groups is 3. The molecular formula is C32H27Cl2N3O6. The number of pyridine rings is 1. The number of halogens is 2. The van der Waals surface area contributed by atoms with Crippen molar-refractivity contribution < 1.29 is 29.0 Å². The van der Waals surface area contributed by atoms with Crippen molar-refractivity contribution in [3.63, 3.8) is 0 Å². The van der Waals surface area contributed by atoms with Crippen molar-refractivity contribution in [3.05, 3.63) is 112 Å². The van der Waals surface area contributed by atoms with Gasteiger partial charge in [0.15, 0.2) is 0 Å². The number of amides is 2. The van der Waals surface area contributed by atoms with Gasteiger partial charge in [0.2, 0.25) is 11.8 Å². The van der Waals surface area contributed by atoms with E-state index in [1.807, 2.05) is 12.1 Å². The van der Waals surface area contributed by atoms with Gasteiger partial charge in [-0.3, -0.25) is 9.59 Å². The average Bonchev–Trinajstić information content (AvgIpc) is 3.00. The van der Waals surface area contributed by atoms with Gasteiger partial charge in [0.05, 0.1) is 27.7 Å². The van der Waals surface area contributed by atoms with Crippen molar-refractivity contribution in [3.8, 4) is 17.4 Å². The second-order valence-electron chi connectivity index (χ2n) is 9.89. The molecule has 220 valence electrons. The molecule has 11 heteroatoms. The first-order chi connectivity index (χ1) is 20.7. The third-order valence-corrected chi connectivity index (χ3v) is 7.58. The fourth-order valence-corrected chi connectivity index (χ4v) is 4.92. The largest absolute Gasteiger partial charge is 0.490 e. The first kappa shape index (κ1) is 29.9. The lowest BCUT2D eigenvalue weighted by atomic mass is 10.1. The molecule has 2 N–H and O–H groups in total. The number of hydrogen-bond acceptors (Lipinski definition) is 6. The number of carboxylic acid groups (broad SMARTS) is 1. The molecule has 1 aliphatic heterocycles. The Labute approximate surface area is 258 Å². The van der Waals surface area contributed by atoms with Gasteiger partial charge < -0.3 is 24.8 Å². The fraction of sp³-hybridized carbons (Fsp3) is 0.188.